The third-order valence-electron chi connectivity index (χ3n) is 9.17. The van der Waals surface area contributed by atoms with Crippen LogP contribution in [0.2, 0.25) is 0 Å². The van der Waals surface area contributed by atoms with Gasteiger partial charge in [0, 0.05) is 41.2 Å². The Morgan fingerprint density at radius 2 is 1.24 bits per heavy atom. The maximum absolute atomic E-state index is 5.00. The molecule has 0 bridgehead atoms. The maximum Gasteiger partial charge on any atom is 0.191 e. The molecule has 3 heterocycles. The first-order valence-corrected chi connectivity index (χ1v) is 17.7. The van der Waals surface area contributed by atoms with Gasteiger partial charge >= 0.3 is 0 Å². The molecule has 0 aliphatic rings. The van der Waals surface area contributed by atoms with Crippen LogP contribution in [0.3, 0.4) is 0 Å². The third-order valence-corrected chi connectivity index (χ3v) is 10.2. The Morgan fingerprint density at radius 3 is 1.90 bits per heavy atom. The number of rotatable bonds is 12. The molecule has 0 aliphatic carbocycles. The van der Waals surface area contributed by atoms with Gasteiger partial charge in [-0.05, 0) is 41.2 Å². The van der Waals surface area contributed by atoms with Crippen molar-refractivity contribution in [1.82, 2.24) is 29.3 Å². The number of para-hydroxylation sites is 1. The molecule has 0 unspecified atom stereocenters. The Hall–Kier alpha value is -5.66. The number of imidazole rings is 1. The molecule has 6 nitrogen and oxygen atoms in total. The van der Waals surface area contributed by atoms with Gasteiger partial charge in [0.25, 0.3) is 0 Å². The molecule has 7 heteroatoms. The van der Waals surface area contributed by atoms with Gasteiger partial charge in [-0.3, -0.25) is 0 Å². The van der Waals surface area contributed by atoms with E-state index in [4.69, 9.17) is 15.2 Å². The summed E-state index contributed by atoms with van der Waals surface area (Å²) >= 11 is 1.73. The van der Waals surface area contributed by atoms with Crippen molar-refractivity contribution in [1.29, 1.82) is 0 Å². The summed E-state index contributed by atoms with van der Waals surface area (Å²) in [7, 11) is 0. The van der Waals surface area contributed by atoms with E-state index in [1.54, 1.807) is 11.8 Å². The van der Waals surface area contributed by atoms with Crippen LogP contribution in [0.1, 0.15) is 34.4 Å². The van der Waals surface area contributed by atoms with Crippen LogP contribution in [0.25, 0.3) is 22.3 Å². The molecule has 0 fully saturated rings. The van der Waals surface area contributed by atoms with E-state index in [0.717, 1.165) is 58.3 Å². The molecule has 8 rings (SSSR count). The number of hydrogen-bond acceptors (Lipinski definition) is 4. The highest BCUT2D eigenvalue weighted by atomic mass is 32.2. The second-order valence-corrected chi connectivity index (χ2v) is 13.1. The summed E-state index contributed by atoms with van der Waals surface area (Å²) in [6, 6.07) is 51.1. The monoisotopic (exact) mass is 656 g/mol. The number of fused-ring (bicyclic) bond motifs is 1. The molecule has 0 amide bonds. The van der Waals surface area contributed by atoms with E-state index in [1.807, 2.05) is 6.33 Å². The Kier molecular flexibility index (Phi) is 8.65. The molecular formula is C42H36N6S. The van der Waals surface area contributed by atoms with Gasteiger partial charge in [0.1, 0.15) is 5.54 Å². The minimum absolute atomic E-state index is 0.576. The van der Waals surface area contributed by atoms with Crippen molar-refractivity contribution in [2.75, 3.05) is 0 Å². The van der Waals surface area contributed by atoms with Crippen LogP contribution >= 0.6 is 11.8 Å². The molecule has 1 N–H and O–H groups in total. The molecular weight excluding hydrogens is 621 g/mol. The van der Waals surface area contributed by atoms with Crippen molar-refractivity contribution in [3.8, 4) is 11.4 Å². The van der Waals surface area contributed by atoms with Crippen molar-refractivity contribution in [3.63, 3.8) is 0 Å². The second kappa shape index (κ2) is 13.8. The molecule has 49 heavy (non-hydrogen) atoms. The van der Waals surface area contributed by atoms with Crippen molar-refractivity contribution >= 4 is 22.7 Å². The summed E-state index contributed by atoms with van der Waals surface area (Å²) in [5, 5.41) is 11.5. The van der Waals surface area contributed by atoms with Crippen LogP contribution in [0.15, 0.2) is 169 Å². The van der Waals surface area contributed by atoms with Crippen LogP contribution in [-0.2, 0) is 24.3 Å². The number of thioether (sulfide) groups is 1. The van der Waals surface area contributed by atoms with Gasteiger partial charge in [0.05, 0.1) is 12.0 Å². The quantitative estimate of drug-likeness (QED) is 0.105. The first-order valence-electron chi connectivity index (χ1n) is 16.7. The van der Waals surface area contributed by atoms with E-state index in [9.17, 15) is 0 Å². The van der Waals surface area contributed by atoms with Crippen molar-refractivity contribution in [2.45, 2.75) is 35.8 Å². The topological polar surface area (TPSA) is 64.3 Å². The van der Waals surface area contributed by atoms with Gasteiger partial charge in [-0.1, -0.05) is 151 Å². The van der Waals surface area contributed by atoms with Crippen molar-refractivity contribution in [3.05, 3.63) is 192 Å². The molecule has 0 spiro atoms. The fourth-order valence-electron chi connectivity index (χ4n) is 6.85. The van der Waals surface area contributed by atoms with Gasteiger partial charge in [-0.25, -0.2) is 4.98 Å². The van der Waals surface area contributed by atoms with E-state index < -0.39 is 5.54 Å². The van der Waals surface area contributed by atoms with Gasteiger partial charge in [-0.2, -0.15) is 0 Å². The van der Waals surface area contributed by atoms with Crippen LogP contribution in [0, 0.1) is 0 Å². The normalized spacial score (nSPS) is 11.7. The number of aryl methyl sites for hydroxylation is 1. The number of benzene rings is 5. The molecule has 0 saturated carbocycles. The molecule has 3 aromatic heterocycles. The van der Waals surface area contributed by atoms with Crippen LogP contribution in [-0.4, -0.2) is 29.3 Å². The lowest BCUT2D eigenvalue weighted by Gasteiger charge is -2.37. The van der Waals surface area contributed by atoms with Gasteiger partial charge in [-0.15, -0.1) is 10.2 Å². The number of H-pyrrole nitrogens is 1. The average molecular weight is 657 g/mol. The standard InChI is InChI=1S/C42H36N6S/c1-5-16-32(17-6-1)30-49-41-46-45-40(38-28-43-39-26-14-13-25-37(38)39)48(41)27-15-24-36-29-47(31-44-36)42(33-18-7-2-8-19-33,34-20-9-3-10-21-34)35-22-11-4-12-23-35/h1-14,16-23,25-26,28-29,31,43H,15,24,27,30H2. The third kappa shape index (κ3) is 5.98. The second-order valence-electron chi connectivity index (χ2n) is 12.2. The number of aromatic amines is 1. The van der Waals surface area contributed by atoms with Crippen LogP contribution in [0.5, 0.6) is 0 Å². The van der Waals surface area contributed by atoms with E-state index in [0.29, 0.717) is 0 Å². The zero-order chi connectivity index (χ0) is 32.9. The summed E-state index contributed by atoms with van der Waals surface area (Å²) in [6.45, 7) is 0.771. The maximum atomic E-state index is 5.00. The first kappa shape index (κ1) is 30.7. The van der Waals surface area contributed by atoms with Crippen molar-refractivity contribution < 1.29 is 0 Å². The van der Waals surface area contributed by atoms with E-state index >= 15 is 0 Å². The van der Waals surface area contributed by atoms with Crippen LogP contribution in [0.4, 0.5) is 0 Å². The average Bonchev–Trinajstić information content (AvgIpc) is 3.92. The predicted octanol–water partition coefficient (Wildman–Crippen LogP) is 9.39. The smallest absolute Gasteiger partial charge is 0.191 e. The lowest BCUT2D eigenvalue weighted by Crippen LogP contribution is -2.36. The fraction of sp³-hybridized carbons (Fsp3) is 0.119. The summed E-state index contributed by atoms with van der Waals surface area (Å²) in [4.78, 5) is 8.42. The predicted molar refractivity (Wildman–Crippen MR) is 198 cm³/mol. The molecule has 8 aromatic rings. The number of aromatic nitrogens is 6. The summed E-state index contributed by atoms with van der Waals surface area (Å²) in [6.07, 6.45) is 7.98. The van der Waals surface area contributed by atoms with Gasteiger partial charge in [0.2, 0.25) is 0 Å². The number of nitrogens with zero attached hydrogens (tertiary/aromatic N) is 5. The Bertz CT molecular complexity index is 2160. The zero-order valence-electron chi connectivity index (χ0n) is 27.1. The van der Waals surface area contributed by atoms with E-state index in [-0.39, 0.29) is 0 Å². The highest BCUT2D eigenvalue weighted by molar-refractivity contribution is 7.98. The van der Waals surface area contributed by atoms with Crippen LogP contribution < -0.4 is 0 Å². The largest absolute Gasteiger partial charge is 0.360 e. The lowest BCUT2D eigenvalue weighted by atomic mass is 9.77. The Labute approximate surface area is 290 Å². The SMILES string of the molecule is c1ccc(CSc2nnc(-c3c[nH]c4ccccc34)n2CCCc2cn(C(c3ccccc3)(c3ccccc3)c3ccccc3)cn2)cc1. The van der Waals surface area contributed by atoms with E-state index in [2.05, 4.69) is 172 Å². The first-order chi connectivity index (χ1) is 24.3. The summed E-state index contributed by atoms with van der Waals surface area (Å²) in [5.74, 6) is 1.72. The lowest BCUT2D eigenvalue weighted by molar-refractivity contribution is 0.513. The van der Waals surface area contributed by atoms with Gasteiger partial charge in [0.15, 0.2) is 11.0 Å². The van der Waals surface area contributed by atoms with Crippen molar-refractivity contribution in [2.24, 2.45) is 0 Å². The van der Waals surface area contributed by atoms with Gasteiger partial charge < -0.3 is 14.1 Å². The Morgan fingerprint density at radius 1 is 0.653 bits per heavy atom. The number of hydrogen-bond donors (Lipinski definition) is 1. The molecule has 0 aliphatic heterocycles. The molecule has 240 valence electrons. The molecule has 0 saturated heterocycles. The fourth-order valence-corrected chi connectivity index (χ4v) is 7.77. The summed E-state index contributed by atoms with van der Waals surface area (Å²) < 4.78 is 4.57. The summed E-state index contributed by atoms with van der Waals surface area (Å²) in [5.41, 5.74) is 7.45. The molecule has 0 atom stereocenters. The zero-order valence-corrected chi connectivity index (χ0v) is 27.9. The molecule has 5 aromatic carbocycles. The number of nitrogens with one attached hydrogen (secondary N) is 1. The minimum Gasteiger partial charge on any atom is -0.360 e. The highest BCUT2D eigenvalue weighted by Gasteiger charge is 2.38. The Balaban J connectivity index is 1.11. The minimum atomic E-state index is -0.576. The molecule has 0 radical (unpaired) electrons. The highest BCUT2D eigenvalue weighted by Crippen LogP contribution is 2.41. The van der Waals surface area contributed by atoms with E-state index in [1.165, 1.54) is 22.3 Å².